The number of methoxy groups -OCH3 is 1. The summed E-state index contributed by atoms with van der Waals surface area (Å²) in [5, 5.41) is 3.46. The third-order valence-corrected chi connectivity index (χ3v) is 7.98. The first-order valence-electron chi connectivity index (χ1n) is 9.65. The van der Waals surface area contributed by atoms with Gasteiger partial charge in [0.2, 0.25) is 10.0 Å². The van der Waals surface area contributed by atoms with Crippen molar-refractivity contribution in [2.45, 2.75) is 29.7 Å². The minimum absolute atomic E-state index is 0.0690. The molecular weight excluding hydrogens is 390 g/mol. The predicted octanol–water partition coefficient (Wildman–Crippen LogP) is 2.08. The van der Waals surface area contributed by atoms with E-state index in [0.29, 0.717) is 19.6 Å². The molecule has 3 N–H and O–H groups in total. The lowest BCUT2D eigenvalue weighted by molar-refractivity contribution is 0.0600. The third kappa shape index (κ3) is 3.41. The summed E-state index contributed by atoms with van der Waals surface area (Å²) in [7, 11) is -2.40. The molecule has 2 aliphatic rings. The van der Waals surface area contributed by atoms with E-state index in [-0.39, 0.29) is 15.9 Å². The number of benzene rings is 2. The van der Waals surface area contributed by atoms with Gasteiger partial charge < -0.3 is 15.8 Å². The Morgan fingerprint density at radius 3 is 2.66 bits per heavy atom. The van der Waals surface area contributed by atoms with Crippen LogP contribution in [0.2, 0.25) is 0 Å². The fourth-order valence-corrected chi connectivity index (χ4v) is 5.81. The van der Waals surface area contributed by atoms with Gasteiger partial charge in [-0.05, 0) is 48.2 Å². The Morgan fingerprint density at radius 1 is 1.21 bits per heavy atom. The summed E-state index contributed by atoms with van der Waals surface area (Å²) >= 11 is 0. The number of carbonyl (C=O) groups is 1. The number of anilines is 1. The first kappa shape index (κ1) is 19.9. The van der Waals surface area contributed by atoms with Crippen LogP contribution in [0.25, 0.3) is 0 Å². The third-order valence-electron chi connectivity index (χ3n) is 6.08. The van der Waals surface area contributed by atoms with E-state index in [2.05, 4.69) is 17.4 Å². The molecule has 2 aromatic rings. The number of rotatable bonds is 4. The number of hydrogen-bond acceptors (Lipinski definition) is 6. The quantitative estimate of drug-likeness (QED) is 0.742. The highest BCUT2D eigenvalue weighted by Crippen LogP contribution is 2.45. The molecule has 2 aromatic carbocycles. The molecule has 8 heteroatoms. The second-order valence-electron chi connectivity index (χ2n) is 7.64. The zero-order chi connectivity index (χ0) is 20.6. The maximum atomic E-state index is 13.1. The number of hydrogen-bond donors (Lipinski definition) is 2. The van der Waals surface area contributed by atoms with Crippen LogP contribution < -0.4 is 11.1 Å². The maximum absolute atomic E-state index is 13.1. The fourth-order valence-electron chi connectivity index (χ4n) is 4.32. The number of nitrogens with zero attached hydrogens (tertiary/aromatic N) is 1. The van der Waals surface area contributed by atoms with E-state index in [0.717, 1.165) is 30.6 Å². The van der Waals surface area contributed by atoms with Gasteiger partial charge in [0.25, 0.3) is 0 Å². The minimum atomic E-state index is -3.68. The van der Waals surface area contributed by atoms with Gasteiger partial charge in [-0.15, -0.1) is 0 Å². The Morgan fingerprint density at radius 2 is 1.97 bits per heavy atom. The number of esters is 1. The van der Waals surface area contributed by atoms with E-state index in [1.54, 1.807) is 12.1 Å². The van der Waals surface area contributed by atoms with Crippen molar-refractivity contribution in [3.05, 3.63) is 59.2 Å². The van der Waals surface area contributed by atoms with Crippen molar-refractivity contribution < 1.29 is 17.9 Å². The van der Waals surface area contributed by atoms with Crippen molar-refractivity contribution in [1.29, 1.82) is 0 Å². The van der Waals surface area contributed by atoms with E-state index >= 15 is 0 Å². The van der Waals surface area contributed by atoms with Crippen molar-refractivity contribution >= 4 is 21.7 Å². The lowest BCUT2D eigenvalue weighted by Crippen LogP contribution is -2.46. The summed E-state index contributed by atoms with van der Waals surface area (Å²) < 4.78 is 32.5. The summed E-state index contributed by atoms with van der Waals surface area (Å²) in [6.45, 7) is 2.15. The fraction of sp³-hybridized carbons (Fsp3) is 0.381. The molecule has 1 fully saturated rings. The van der Waals surface area contributed by atoms with Gasteiger partial charge in [-0.25, -0.2) is 13.2 Å². The minimum Gasteiger partial charge on any atom is -0.465 e. The molecule has 0 saturated carbocycles. The Bertz CT molecular complexity index is 1040. The molecule has 7 nitrogen and oxygen atoms in total. The lowest BCUT2D eigenvalue weighted by atomic mass is 9.74. The SMILES string of the molecule is COC(=O)c1cccc(S(=O)(=O)N2CCC3(CC2)CNc2ccc(CN)cc23)c1. The topological polar surface area (TPSA) is 102 Å². The molecule has 2 aliphatic heterocycles. The van der Waals surface area contributed by atoms with Gasteiger partial charge in [-0.2, -0.15) is 4.31 Å². The highest BCUT2D eigenvalue weighted by atomic mass is 32.2. The summed E-state index contributed by atoms with van der Waals surface area (Å²) in [5.74, 6) is -0.552. The van der Waals surface area contributed by atoms with Crippen molar-refractivity contribution in [2.24, 2.45) is 5.73 Å². The van der Waals surface area contributed by atoms with Crippen LogP contribution in [0.15, 0.2) is 47.4 Å². The van der Waals surface area contributed by atoms with Crippen LogP contribution >= 0.6 is 0 Å². The molecule has 1 spiro atoms. The molecule has 4 rings (SSSR count). The molecule has 0 aliphatic carbocycles. The highest BCUT2D eigenvalue weighted by molar-refractivity contribution is 7.89. The van der Waals surface area contributed by atoms with Crippen molar-refractivity contribution in [3.8, 4) is 0 Å². The Balaban J connectivity index is 1.56. The second-order valence-corrected chi connectivity index (χ2v) is 9.58. The van der Waals surface area contributed by atoms with E-state index in [1.807, 2.05) is 6.07 Å². The molecule has 0 aromatic heterocycles. The zero-order valence-electron chi connectivity index (χ0n) is 16.3. The van der Waals surface area contributed by atoms with Gasteiger partial charge >= 0.3 is 5.97 Å². The van der Waals surface area contributed by atoms with Gasteiger partial charge in [0.1, 0.15) is 0 Å². The van der Waals surface area contributed by atoms with Gasteiger partial charge in [-0.3, -0.25) is 0 Å². The van der Waals surface area contributed by atoms with Crippen LogP contribution in [0, 0.1) is 0 Å². The maximum Gasteiger partial charge on any atom is 0.337 e. The Labute approximate surface area is 170 Å². The van der Waals surface area contributed by atoms with Crippen LogP contribution in [0.5, 0.6) is 0 Å². The number of nitrogens with two attached hydrogens (primary N) is 1. The van der Waals surface area contributed by atoms with E-state index in [9.17, 15) is 13.2 Å². The molecular formula is C21H25N3O4S. The molecule has 0 bridgehead atoms. The predicted molar refractivity (Wildman–Crippen MR) is 110 cm³/mol. The van der Waals surface area contributed by atoms with Crippen molar-refractivity contribution in [1.82, 2.24) is 4.31 Å². The van der Waals surface area contributed by atoms with Crippen LogP contribution in [0.3, 0.4) is 0 Å². The van der Waals surface area contributed by atoms with Crippen LogP contribution in [-0.4, -0.2) is 45.4 Å². The van der Waals surface area contributed by atoms with Gasteiger partial charge in [0.15, 0.2) is 0 Å². The monoisotopic (exact) mass is 415 g/mol. The van der Waals surface area contributed by atoms with Crippen LogP contribution in [0.4, 0.5) is 5.69 Å². The molecule has 2 heterocycles. The van der Waals surface area contributed by atoms with Gasteiger partial charge in [-0.1, -0.05) is 18.2 Å². The number of piperidine rings is 1. The second kappa shape index (κ2) is 7.44. The Kier molecular flexibility index (Phi) is 5.10. The molecule has 0 atom stereocenters. The van der Waals surface area contributed by atoms with E-state index in [4.69, 9.17) is 10.5 Å². The first-order chi connectivity index (χ1) is 13.9. The number of nitrogens with one attached hydrogen (secondary N) is 1. The average Bonchev–Trinajstić information content (AvgIpc) is 3.10. The van der Waals surface area contributed by atoms with Crippen LogP contribution in [0.1, 0.15) is 34.3 Å². The molecule has 154 valence electrons. The number of fused-ring (bicyclic) bond motifs is 2. The molecule has 0 radical (unpaired) electrons. The lowest BCUT2D eigenvalue weighted by Gasteiger charge is -2.38. The number of carbonyl (C=O) groups excluding carboxylic acids is 1. The summed E-state index contributed by atoms with van der Waals surface area (Å²) in [5.41, 5.74) is 9.41. The summed E-state index contributed by atoms with van der Waals surface area (Å²) in [4.78, 5) is 11.9. The normalized spacial score (nSPS) is 18.3. The number of ether oxygens (including phenoxy) is 1. The van der Waals surface area contributed by atoms with E-state index < -0.39 is 16.0 Å². The highest BCUT2D eigenvalue weighted by Gasteiger charge is 2.43. The molecule has 1 saturated heterocycles. The van der Waals surface area contributed by atoms with Crippen molar-refractivity contribution in [3.63, 3.8) is 0 Å². The smallest absolute Gasteiger partial charge is 0.337 e. The van der Waals surface area contributed by atoms with Gasteiger partial charge in [0.05, 0.1) is 17.6 Å². The van der Waals surface area contributed by atoms with Crippen LogP contribution in [-0.2, 0) is 26.7 Å². The van der Waals surface area contributed by atoms with Gasteiger partial charge in [0, 0.05) is 37.3 Å². The zero-order valence-corrected chi connectivity index (χ0v) is 17.2. The Hall–Kier alpha value is -2.42. The largest absolute Gasteiger partial charge is 0.465 e. The summed E-state index contributed by atoms with van der Waals surface area (Å²) in [6.07, 6.45) is 1.47. The standard InChI is InChI=1S/C21H25N3O4S/c1-28-20(25)16-3-2-4-17(12-16)29(26,27)24-9-7-21(8-10-24)14-23-19-6-5-15(13-22)11-18(19)21/h2-6,11-12,23H,7-10,13-14,22H2,1H3. The molecule has 0 unspecified atom stereocenters. The number of sulfonamides is 1. The molecule has 0 amide bonds. The molecule has 29 heavy (non-hydrogen) atoms. The summed E-state index contributed by atoms with van der Waals surface area (Å²) in [6, 6.07) is 12.3. The average molecular weight is 416 g/mol. The van der Waals surface area contributed by atoms with Crippen molar-refractivity contribution in [2.75, 3.05) is 32.1 Å². The first-order valence-corrected chi connectivity index (χ1v) is 11.1. The van der Waals surface area contributed by atoms with E-state index in [1.165, 1.54) is 29.1 Å².